The summed E-state index contributed by atoms with van der Waals surface area (Å²) in [6.07, 6.45) is 2.80. The Hall–Kier alpha value is -2.30. The van der Waals surface area contributed by atoms with Crippen LogP contribution in [-0.2, 0) is 13.0 Å². The van der Waals surface area contributed by atoms with Gasteiger partial charge >= 0.3 is 0 Å². The third-order valence-corrected chi connectivity index (χ3v) is 3.31. The number of methoxy groups -OCH3 is 1. The molecule has 5 nitrogen and oxygen atoms in total. The predicted molar refractivity (Wildman–Crippen MR) is 90.1 cm³/mol. The van der Waals surface area contributed by atoms with E-state index in [4.69, 9.17) is 9.47 Å². The van der Waals surface area contributed by atoms with Crippen molar-refractivity contribution < 1.29 is 9.47 Å². The quantitative estimate of drug-likeness (QED) is 0.855. The van der Waals surface area contributed by atoms with Crippen molar-refractivity contribution in [2.75, 3.05) is 13.7 Å². The standard InChI is InChI=1S/C12H18O.C6H6N2O2/c1-12(2,3)9-10-5-7-11(13-4)8-6-10;9-5-1-2-8-3-4-10-6(8)7-5/h5-8H,9H2,1-4H3;1-2H,3-4H2. The van der Waals surface area contributed by atoms with Gasteiger partial charge < -0.3 is 9.47 Å². The van der Waals surface area contributed by atoms with Crippen molar-refractivity contribution >= 4 is 0 Å². The summed E-state index contributed by atoms with van der Waals surface area (Å²) in [5.41, 5.74) is 1.48. The van der Waals surface area contributed by atoms with Crippen molar-refractivity contribution in [1.29, 1.82) is 0 Å². The Kier molecular flexibility index (Phi) is 5.42. The molecule has 0 saturated heterocycles. The first kappa shape index (κ1) is 17.1. The van der Waals surface area contributed by atoms with E-state index in [1.165, 1.54) is 11.6 Å². The summed E-state index contributed by atoms with van der Waals surface area (Å²) < 4.78 is 11.9. The topological polar surface area (TPSA) is 53.4 Å². The first-order valence-electron chi connectivity index (χ1n) is 7.71. The van der Waals surface area contributed by atoms with Gasteiger partial charge in [-0.1, -0.05) is 32.9 Å². The average molecular weight is 316 g/mol. The Balaban J connectivity index is 0.000000172. The maximum absolute atomic E-state index is 10.6. The van der Waals surface area contributed by atoms with Gasteiger partial charge in [0.1, 0.15) is 12.4 Å². The normalized spacial score (nSPS) is 12.7. The molecule has 23 heavy (non-hydrogen) atoms. The molecular formula is C18H24N2O3. The maximum atomic E-state index is 10.6. The summed E-state index contributed by atoms with van der Waals surface area (Å²) >= 11 is 0. The summed E-state index contributed by atoms with van der Waals surface area (Å²) in [6, 6.07) is 10.2. The summed E-state index contributed by atoms with van der Waals surface area (Å²) in [6.45, 7) is 8.16. The molecule has 1 aliphatic heterocycles. The van der Waals surface area contributed by atoms with Crippen molar-refractivity contribution in [1.82, 2.24) is 9.55 Å². The van der Waals surface area contributed by atoms with Gasteiger partial charge in [0.15, 0.2) is 0 Å². The molecule has 2 aromatic rings. The van der Waals surface area contributed by atoms with E-state index < -0.39 is 0 Å². The molecule has 0 atom stereocenters. The van der Waals surface area contributed by atoms with Crippen molar-refractivity contribution in [3.63, 3.8) is 0 Å². The Bertz CT molecular complexity index is 685. The molecule has 2 heterocycles. The monoisotopic (exact) mass is 316 g/mol. The predicted octanol–water partition coefficient (Wildman–Crippen LogP) is 2.92. The van der Waals surface area contributed by atoms with Gasteiger partial charge in [-0.25, -0.2) is 0 Å². The van der Waals surface area contributed by atoms with Gasteiger partial charge in [0, 0.05) is 12.3 Å². The van der Waals surface area contributed by atoms with E-state index in [1.54, 1.807) is 17.9 Å². The van der Waals surface area contributed by atoms with Gasteiger partial charge in [0.05, 0.1) is 13.7 Å². The lowest BCUT2D eigenvalue weighted by Gasteiger charge is -2.18. The van der Waals surface area contributed by atoms with Gasteiger partial charge in [-0.2, -0.15) is 4.98 Å². The van der Waals surface area contributed by atoms with Gasteiger partial charge in [-0.15, -0.1) is 0 Å². The largest absolute Gasteiger partial charge is 0.497 e. The van der Waals surface area contributed by atoms with Crippen LogP contribution in [0.25, 0.3) is 0 Å². The fourth-order valence-corrected chi connectivity index (χ4v) is 2.29. The number of hydrogen-bond acceptors (Lipinski definition) is 4. The van der Waals surface area contributed by atoms with Crippen LogP contribution in [0.5, 0.6) is 11.8 Å². The molecule has 3 rings (SSSR count). The molecule has 5 heteroatoms. The van der Waals surface area contributed by atoms with E-state index in [2.05, 4.69) is 37.9 Å². The first-order chi connectivity index (χ1) is 10.9. The zero-order valence-corrected chi connectivity index (χ0v) is 14.2. The van der Waals surface area contributed by atoms with Crippen LogP contribution in [0.2, 0.25) is 0 Å². The number of hydrogen-bond donors (Lipinski definition) is 0. The maximum Gasteiger partial charge on any atom is 0.299 e. The second-order valence-corrected chi connectivity index (χ2v) is 6.68. The molecule has 1 aromatic carbocycles. The fraction of sp³-hybridized carbons (Fsp3) is 0.444. The van der Waals surface area contributed by atoms with Gasteiger partial charge in [-0.3, -0.25) is 9.36 Å². The van der Waals surface area contributed by atoms with E-state index >= 15 is 0 Å². The molecule has 0 aliphatic carbocycles. The Morgan fingerprint density at radius 3 is 2.52 bits per heavy atom. The highest BCUT2D eigenvalue weighted by Gasteiger charge is 2.11. The highest BCUT2D eigenvalue weighted by atomic mass is 16.5. The van der Waals surface area contributed by atoms with Crippen LogP contribution in [-0.4, -0.2) is 23.3 Å². The molecule has 0 radical (unpaired) electrons. The molecular weight excluding hydrogens is 292 g/mol. The van der Waals surface area contributed by atoms with Crippen molar-refractivity contribution in [2.24, 2.45) is 5.41 Å². The minimum absolute atomic E-state index is 0.242. The van der Waals surface area contributed by atoms with Crippen LogP contribution in [0.3, 0.4) is 0 Å². The molecule has 0 fully saturated rings. The van der Waals surface area contributed by atoms with E-state index in [1.807, 2.05) is 12.1 Å². The minimum atomic E-state index is -0.242. The van der Waals surface area contributed by atoms with Crippen LogP contribution in [0.1, 0.15) is 26.3 Å². The fourth-order valence-electron chi connectivity index (χ4n) is 2.29. The average Bonchev–Trinajstić information content (AvgIpc) is 2.94. The highest BCUT2D eigenvalue weighted by molar-refractivity contribution is 5.27. The number of nitrogens with zero attached hydrogens (tertiary/aromatic N) is 2. The molecule has 0 N–H and O–H groups in total. The Morgan fingerprint density at radius 2 is 1.91 bits per heavy atom. The molecule has 0 saturated carbocycles. The van der Waals surface area contributed by atoms with Crippen molar-refractivity contribution in [3.05, 3.63) is 52.4 Å². The lowest BCUT2D eigenvalue weighted by atomic mass is 9.88. The van der Waals surface area contributed by atoms with Gasteiger partial charge in [0.25, 0.3) is 11.6 Å². The van der Waals surface area contributed by atoms with Crippen molar-refractivity contribution in [2.45, 2.75) is 33.7 Å². The number of benzene rings is 1. The minimum Gasteiger partial charge on any atom is -0.497 e. The second kappa shape index (κ2) is 7.31. The van der Waals surface area contributed by atoms with Crippen LogP contribution in [0.15, 0.2) is 41.3 Å². The third kappa shape index (κ3) is 5.43. The SMILES string of the molecule is COc1ccc(CC(C)(C)C)cc1.O=c1ccn2c(n1)OCC2. The molecule has 1 aliphatic rings. The highest BCUT2D eigenvalue weighted by Crippen LogP contribution is 2.21. The smallest absolute Gasteiger partial charge is 0.299 e. The summed E-state index contributed by atoms with van der Waals surface area (Å²) in [5.74, 6) is 0.928. The number of aromatic nitrogens is 2. The van der Waals surface area contributed by atoms with Crippen LogP contribution in [0, 0.1) is 5.41 Å². The summed E-state index contributed by atoms with van der Waals surface area (Å²) in [5, 5.41) is 0. The van der Waals surface area contributed by atoms with E-state index in [9.17, 15) is 4.79 Å². The Morgan fingerprint density at radius 1 is 1.22 bits per heavy atom. The van der Waals surface area contributed by atoms with Crippen molar-refractivity contribution in [3.8, 4) is 11.8 Å². The third-order valence-electron chi connectivity index (χ3n) is 3.31. The van der Waals surface area contributed by atoms with Crippen LogP contribution in [0.4, 0.5) is 0 Å². The molecule has 0 bridgehead atoms. The lowest BCUT2D eigenvalue weighted by molar-refractivity contribution is 0.343. The van der Waals surface area contributed by atoms with Crippen LogP contribution < -0.4 is 15.0 Å². The van der Waals surface area contributed by atoms with Gasteiger partial charge in [0.2, 0.25) is 0 Å². The lowest BCUT2D eigenvalue weighted by Crippen LogP contribution is -2.08. The second-order valence-electron chi connectivity index (χ2n) is 6.68. The molecule has 1 aromatic heterocycles. The molecule has 124 valence electrons. The van der Waals surface area contributed by atoms with Gasteiger partial charge in [-0.05, 0) is 29.5 Å². The Labute approximate surface area is 136 Å². The van der Waals surface area contributed by atoms with E-state index in [0.29, 0.717) is 18.0 Å². The zero-order valence-electron chi connectivity index (χ0n) is 14.2. The summed E-state index contributed by atoms with van der Waals surface area (Å²) in [4.78, 5) is 14.3. The van der Waals surface area contributed by atoms with E-state index in [0.717, 1.165) is 18.7 Å². The zero-order chi connectivity index (χ0) is 16.9. The van der Waals surface area contributed by atoms with E-state index in [-0.39, 0.29) is 5.56 Å². The molecule has 0 spiro atoms. The number of fused-ring (bicyclic) bond motifs is 1. The number of ether oxygens (including phenoxy) is 2. The number of rotatable bonds is 2. The molecule has 0 amide bonds. The molecule has 0 unspecified atom stereocenters. The first-order valence-corrected chi connectivity index (χ1v) is 7.71. The summed E-state index contributed by atoms with van der Waals surface area (Å²) in [7, 11) is 1.69. The van der Waals surface area contributed by atoms with Crippen LogP contribution >= 0.6 is 0 Å².